The zero-order chi connectivity index (χ0) is 50.1. The molecule has 0 aliphatic carbocycles. The average Bonchev–Trinajstić information content (AvgIpc) is 4.22. The number of thiazole rings is 1. The number of hydrazine groups is 1. The third kappa shape index (κ3) is 10.4. The lowest BCUT2D eigenvalue weighted by molar-refractivity contribution is -0.140. The summed E-state index contributed by atoms with van der Waals surface area (Å²) in [6, 6.07) is 18.6. The van der Waals surface area contributed by atoms with E-state index < -0.39 is 64.2 Å². The first kappa shape index (κ1) is 49.2. The van der Waals surface area contributed by atoms with Crippen LogP contribution in [0.2, 0.25) is 0 Å². The lowest BCUT2D eigenvalue weighted by Gasteiger charge is -2.34. The maximum absolute atomic E-state index is 16.0. The molecule has 2 fully saturated rings. The quantitative estimate of drug-likeness (QED) is 0.0453. The SMILES string of the molecule is Cc1cc([C@@H](CCCOc2ccc(-c3cnc4[nH]cc(C(=O)c5c(F)ccc(N(N6CC[C@@H](F)C6)S(=O)[O-])c5F)c4c3)cc2)C(=O)N2C[C@H](O)C[C@H]2C(=O)N[C@@H](C)c2ccc(-c3scnc3C)cc2)on1. The molecule has 0 radical (unpaired) electrons. The standard InChI is InChI=1S/C50H49F3N8O8S2/c1-27-19-43(69-58-27)37(50(65)60-25-35(62)21-42(60)49(64)57-28(2)30-6-8-32(9-7-30)47-29(3)56-26-70-47)5-4-18-68-36-12-10-31(11-13-36)33-20-38-39(23-55-48(38)54-22-33)46(63)44-40(52)14-15-41(45(44)53)61(71(66)67)59-17-16-34(51)24-59/h6-15,19-20,22-23,26,28,34-35,37,42,62H,4-5,16-18,21,24-25H2,1-3H3,(H,54,55)(H,57,64)(H,66,67)/p-1/t28-,34+,35+,37+,42-/m0/s1. The number of hydrogen-bond donors (Lipinski definition) is 3. The second-order valence-electron chi connectivity index (χ2n) is 17.6. The summed E-state index contributed by atoms with van der Waals surface area (Å²) >= 11 is -1.55. The number of hydrogen-bond acceptors (Lipinski definition) is 13. The highest BCUT2D eigenvalue weighted by atomic mass is 32.2. The molecule has 1 unspecified atom stereocenters. The molecular weight excluding hydrogens is 962 g/mol. The van der Waals surface area contributed by atoms with Gasteiger partial charge >= 0.3 is 0 Å². The third-order valence-corrected chi connectivity index (χ3v) is 14.5. The number of rotatable bonds is 17. The molecule has 16 nitrogen and oxygen atoms in total. The van der Waals surface area contributed by atoms with Gasteiger partial charge in [0.1, 0.15) is 40.9 Å². The van der Waals surface area contributed by atoms with Crippen LogP contribution in [0.15, 0.2) is 95.2 Å². The highest BCUT2D eigenvalue weighted by Crippen LogP contribution is 2.35. The maximum Gasteiger partial charge on any atom is 0.243 e. The predicted octanol–water partition coefficient (Wildman–Crippen LogP) is 7.81. The molecule has 2 aliphatic heterocycles. The Hall–Kier alpha value is -6.78. The molecular formula is C50H48F3N8O8S2-. The van der Waals surface area contributed by atoms with E-state index >= 15 is 8.78 Å². The van der Waals surface area contributed by atoms with Crippen molar-refractivity contribution in [1.29, 1.82) is 0 Å². The first-order valence-corrected chi connectivity index (χ1v) is 24.8. The lowest BCUT2D eigenvalue weighted by atomic mass is 9.97. The van der Waals surface area contributed by atoms with Crippen molar-refractivity contribution in [1.82, 2.24) is 35.3 Å². The zero-order valence-corrected chi connectivity index (χ0v) is 40.3. The van der Waals surface area contributed by atoms with Gasteiger partial charge in [0.15, 0.2) is 5.82 Å². The second kappa shape index (κ2) is 20.9. The Kier molecular flexibility index (Phi) is 14.5. The van der Waals surface area contributed by atoms with E-state index in [0.29, 0.717) is 39.2 Å². The Morgan fingerprint density at radius 3 is 2.48 bits per heavy atom. The van der Waals surface area contributed by atoms with Crippen LogP contribution in [-0.2, 0) is 20.9 Å². The first-order valence-electron chi connectivity index (χ1n) is 22.9. The number of alkyl halides is 1. The number of ether oxygens (including phenoxy) is 1. The number of nitrogens with zero attached hydrogens (tertiary/aromatic N) is 6. The van der Waals surface area contributed by atoms with Crippen LogP contribution in [0.1, 0.15) is 83.2 Å². The Bertz CT molecular complexity index is 3110. The van der Waals surface area contributed by atoms with Gasteiger partial charge in [-0.25, -0.2) is 32.6 Å². The molecule has 6 atom stereocenters. The Morgan fingerprint density at radius 1 is 1.04 bits per heavy atom. The van der Waals surface area contributed by atoms with E-state index in [4.69, 9.17) is 9.26 Å². The van der Waals surface area contributed by atoms with E-state index in [9.17, 15) is 32.6 Å². The molecule has 2 saturated heterocycles. The van der Waals surface area contributed by atoms with Crippen LogP contribution < -0.4 is 14.5 Å². The average molecular weight is 1010 g/mol. The molecule has 9 rings (SSSR count). The fourth-order valence-electron chi connectivity index (χ4n) is 9.13. The van der Waals surface area contributed by atoms with Gasteiger partial charge in [-0.3, -0.25) is 18.6 Å². The van der Waals surface area contributed by atoms with E-state index in [0.717, 1.165) is 38.8 Å². The number of halogens is 3. The zero-order valence-electron chi connectivity index (χ0n) is 38.6. The maximum atomic E-state index is 16.0. The number of anilines is 1. The van der Waals surface area contributed by atoms with Crippen molar-refractivity contribution in [2.24, 2.45) is 0 Å². The number of aliphatic hydroxyl groups is 1. The van der Waals surface area contributed by atoms with Gasteiger partial charge in [0.05, 0.1) is 69.8 Å². The van der Waals surface area contributed by atoms with Crippen molar-refractivity contribution in [3.63, 3.8) is 0 Å². The van der Waals surface area contributed by atoms with Gasteiger partial charge in [-0.15, -0.1) is 11.3 Å². The number of likely N-dealkylation sites (tertiary alicyclic amines) is 1. The molecule has 21 heteroatoms. The number of aromatic nitrogens is 4. The summed E-state index contributed by atoms with van der Waals surface area (Å²) in [5.74, 6) is -4.42. The molecule has 0 saturated carbocycles. The molecule has 370 valence electrons. The Morgan fingerprint density at radius 2 is 1.80 bits per heavy atom. The largest absolute Gasteiger partial charge is 0.754 e. The van der Waals surface area contributed by atoms with Gasteiger partial charge in [0.2, 0.25) is 17.6 Å². The molecule has 0 bridgehead atoms. The Balaban J connectivity index is 0.842. The van der Waals surface area contributed by atoms with Crippen LogP contribution in [0, 0.1) is 25.5 Å². The van der Waals surface area contributed by atoms with Gasteiger partial charge < -0.3 is 34.1 Å². The summed E-state index contributed by atoms with van der Waals surface area (Å²) in [5, 5.41) is 19.1. The van der Waals surface area contributed by atoms with Crippen molar-refractivity contribution in [3.8, 4) is 27.3 Å². The van der Waals surface area contributed by atoms with Crippen molar-refractivity contribution < 1.29 is 50.7 Å². The summed E-state index contributed by atoms with van der Waals surface area (Å²) in [7, 11) is 0. The smallest absolute Gasteiger partial charge is 0.243 e. The van der Waals surface area contributed by atoms with Gasteiger partial charge in [-0.2, -0.15) is 0 Å². The number of amides is 2. The van der Waals surface area contributed by atoms with E-state index in [-0.39, 0.29) is 80.0 Å². The van der Waals surface area contributed by atoms with E-state index in [1.54, 1.807) is 66.4 Å². The fourth-order valence-corrected chi connectivity index (χ4v) is 10.6. The predicted molar refractivity (Wildman–Crippen MR) is 257 cm³/mol. The molecule has 3 N–H and O–H groups in total. The van der Waals surface area contributed by atoms with Gasteiger partial charge in [0.25, 0.3) is 0 Å². The van der Waals surface area contributed by atoms with E-state index in [2.05, 4.69) is 25.4 Å². The highest BCUT2D eigenvalue weighted by molar-refractivity contribution is 7.80. The number of pyridine rings is 1. The minimum atomic E-state index is -3.10. The lowest BCUT2D eigenvalue weighted by Crippen LogP contribution is -2.48. The van der Waals surface area contributed by atoms with Crippen molar-refractivity contribution >= 4 is 56.9 Å². The molecule has 2 aliphatic rings. The first-order chi connectivity index (χ1) is 34.1. The molecule has 4 aromatic heterocycles. The second-order valence-corrected chi connectivity index (χ2v) is 19.3. The van der Waals surface area contributed by atoms with E-state index in [1.807, 2.05) is 38.1 Å². The number of aliphatic hydroxyl groups excluding tert-OH is 1. The number of H-pyrrole nitrogens is 1. The number of benzene rings is 3. The van der Waals surface area contributed by atoms with Crippen LogP contribution in [0.5, 0.6) is 5.75 Å². The van der Waals surface area contributed by atoms with Gasteiger partial charge in [-0.05, 0) is 87.1 Å². The van der Waals surface area contributed by atoms with Crippen LogP contribution in [0.25, 0.3) is 32.6 Å². The van der Waals surface area contributed by atoms with E-state index in [1.165, 1.54) is 11.1 Å². The molecule has 3 aromatic carbocycles. The highest BCUT2D eigenvalue weighted by Gasteiger charge is 2.43. The number of β-amino-alcohol motifs (C(OH)–C–C–N with tert-alkyl or cyclic N) is 1. The molecule has 7 aromatic rings. The topological polar surface area (TPSA) is 210 Å². The minimum Gasteiger partial charge on any atom is -0.754 e. The van der Waals surface area contributed by atoms with Crippen molar-refractivity contribution in [2.75, 3.05) is 30.7 Å². The molecule has 0 spiro atoms. The summed E-state index contributed by atoms with van der Waals surface area (Å²) in [4.78, 5) is 56.1. The van der Waals surface area contributed by atoms with Crippen LogP contribution >= 0.6 is 11.3 Å². The van der Waals surface area contributed by atoms with Crippen LogP contribution in [0.3, 0.4) is 0 Å². The fraction of sp³-hybridized carbons (Fsp3) is 0.320. The summed E-state index contributed by atoms with van der Waals surface area (Å²) in [5.41, 5.74) is 5.00. The number of carbonyl (C=O) groups excluding carboxylic acids is 3. The molecule has 71 heavy (non-hydrogen) atoms. The van der Waals surface area contributed by atoms with Gasteiger partial charge in [0, 0.05) is 54.5 Å². The number of nitrogens with one attached hydrogen (secondary N) is 2. The normalized spacial score (nSPS) is 18.4. The number of fused-ring (bicyclic) bond motifs is 1. The Labute approximate surface area is 412 Å². The monoisotopic (exact) mass is 1010 g/mol. The summed E-state index contributed by atoms with van der Waals surface area (Å²) in [6.07, 6.45) is 1.36. The number of aromatic amines is 1. The minimum absolute atomic E-state index is 0.0163. The van der Waals surface area contributed by atoms with Crippen LogP contribution in [-0.4, -0.2) is 106 Å². The number of aryl methyl sites for hydroxylation is 2. The van der Waals surface area contributed by atoms with Crippen molar-refractivity contribution in [3.05, 3.63) is 136 Å². The number of carbonyl (C=O) groups is 3. The van der Waals surface area contributed by atoms with Gasteiger partial charge in [-0.1, -0.05) is 41.6 Å². The van der Waals surface area contributed by atoms with Crippen LogP contribution in [0.4, 0.5) is 18.9 Å². The molecule has 6 heterocycles. The van der Waals surface area contributed by atoms with Crippen molar-refractivity contribution in [2.45, 2.75) is 76.7 Å². The third-order valence-electron chi connectivity index (χ3n) is 12.8. The summed E-state index contributed by atoms with van der Waals surface area (Å²) < 4.78 is 81.8. The number of ketones is 1. The molecule has 2 amide bonds. The summed E-state index contributed by atoms with van der Waals surface area (Å²) in [6.45, 7) is 5.39.